The molecule has 1 aliphatic rings. The second-order valence-corrected chi connectivity index (χ2v) is 6.43. The van der Waals surface area contributed by atoms with Gasteiger partial charge < -0.3 is 20.1 Å². The number of nitrogens with one attached hydrogen (secondary N) is 2. The molecule has 2 heterocycles. The van der Waals surface area contributed by atoms with Crippen LogP contribution in [0.5, 0.6) is 11.5 Å². The van der Waals surface area contributed by atoms with Crippen LogP contribution in [0.4, 0.5) is 11.6 Å². The maximum atomic E-state index is 12.4. The highest BCUT2D eigenvalue weighted by Crippen LogP contribution is 2.33. The smallest absolute Gasteiger partial charge is 0.270 e. The fraction of sp³-hybridized carbons (Fsp3) is 0.150. The zero-order chi connectivity index (χ0) is 19.3. The number of anilines is 2. The first kappa shape index (κ1) is 18.1. The third-order valence-electron chi connectivity index (χ3n) is 4.08. The number of ether oxygens (including phenoxy) is 2. The summed E-state index contributed by atoms with van der Waals surface area (Å²) in [5.41, 5.74) is 1.82. The molecule has 2 N–H and O–H groups in total. The van der Waals surface area contributed by atoms with Crippen LogP contribution in [0.3, 0.4) is 0 Å². The molecule has 0 fully saturated rings. The summed E-state index contributed by atoms with van der Waals surface area (Å²) in [5, 5.41) is 6.49. The molecule has 1 aliphatic heterocycles. The lowest BCUT2D eigenvalue weighted by atomic mass is 10.2. The van der Waals surface area contributed by atoms with Crippen LogP contribution in [-0.4, -0.2) is 29.1 Å². The average molecular weight is 397 g/mol. The molecule has 0 unspecified atom stereocenters. The van der Waals surface area contributed by atoms with Crippen LogP contribution in [0, 0.1) is 0 Å². The minimum absolute atomic E-state index is 0.252. The molecule has 142 valence electrons. The number of hydrogen-bond acceptors (Lipinski definition) is 6. The van der Waals surface area contributed by atoms with Crippen molar-refractivity contribution in [3.63, 3.8) is 0 Å². The summed E-state index contributed by atoms with van der Waals surface area (Å²) in [6, 6.07) is 14.4. The number of rotatable bonds is 5. The fourth-order valence-corrected chi connectivity index (χ4v) is 2.91. The van der Waals surface area contributed by atoms with Crippen LogP contribution < -0.4 is 20.1 Å². The van der Waals surface area contributed by atoms with Gasteiger partial charge in [-0.2, -0.15) is 0 Å². The van der Waals surface area contributed by atoms with E-state index in [1.807, 2.05) is 36.4 Å². The SMILES string of the molecule is O=C(NCc1ccccc1Cl)c1ccnc(Nc2ccc3c(c2)OCCO3)n1. The number of amides is 1. The Labute approximate surface area is 166 Å². The van der Waals surface area contributed by atoms with Crippen molar-refractivity contribution in [3.8, 4) is 11.5 Å². The van der Waals surface area contributed by atoms with Gasteiger partial charge in [0, 0.05) is 29.5 Å². The summed E-state index contributed by atoms with van der Waals surface area (Å²) in [6.07, 6.45) is 1.53. The van der Waals surface area contributed by atoms with Crippen molar-refractivity contribution in [1.82, 2.24) is 15.3 Å². The van der Waals surface area contributed by atoms with Crippen LogP contribution >= 0.6 is 11.6 Å². The normalized spacial score (nSPS) is 12.3. The van der Waals surface area contributed by atoms with Crippen LogP contribution in [0.2, 0.25) is 5.02 Å². The molecule has 0 aliphatic carbocycles. The number of hydrogen-bond donors (Lipinski definition) is 2. The standard InChI is InChI=1S/C20H17ClN4O3/c21-15-4-2-1-3-13(15)12-23-19(26)16-7-8-22-20(25-16)24-14-5-6-17-18(11-14)28-10-9-27-17/h1-8,11H,9-10,12H2,(H,23,26)(H,22,24,25). The Hall–Kier alpha value is -3.32. The van der Waals surface area contributed by atoms with Gasteiger partial charge in [0.2, 0.25) is 5.95 Å². The van der Waals surface area contributed by atoms with E-state index in [-0.39, 0.29) is 11.6 Å². The zero-order valence-electron chi connectivity index (χ0n) is 14.8. The van der Waals surface area contributed by atoms with Gasteiger partial charge in [-0.15, -0.1) is 0 Å². The molecule has 0 saturated heterocycles. The number of halogens is 1. The van der Waals surface area contributed by atoms with E-state index in [0.717, 1.165) is 11.3 Å². The number of carbonyl (C=O) groups is 1. The van der Waals surface area contributed by atoms with E-state index in [2.05, 4.69) is 20.6 Å². The third kappa shape index (κ3) is 4.15. The Morgan fingerprint density at radius 3 is 2.75 bits per heavy atom. The molecule has 1 aromatic heterocycles. The summed E-state index contributed by atoms with van der Waals surface area (Å²) < 4.78 is 11.1. The Morgan fingerprint density at radius 1 is 1.07 bits per heavy atom. The lowest BCUT2D eigenvalue weighted by molar-refractivity contribution is 0.0946. The van der Waals surface area contributed by atoms with Crippen molar-refractivity contribution in [3.05, 3.63) is 71.0 Å². The molecule has 0 bridgehead atoms. The van der Waals surface area contributed by atoms with Gasteiger partial charge in [-0.25, -0.2) is 9.97 Å². The lowest BCUT2D eigenvalue weighted by Crippen LogP contribution is -2.24. The third-order valence-corrected chi connectivity index (χ3v) is 4.45. The van der Waals surface area contributed by atoms with Gasteiger partial charge in [-0.3, -0.25) is 4.79 Å². The highest BCUT2D eigenvalue weighted by atomic mass is 35.5. The predicted molar refractivity (Wildman–Crippen MR) is 105 cm³/mol. The first-order valence-corrected chi connectivity index (χ1v) is 9.08. The van der Waals surface area contributed by atoms with Crippen molar-refractivity contribution in [1.29, 1.82) is 0 Å². The molecule has 4 rings (SSSR count). The molecular formula is C20H17ClN4O3. The van der Waals surface area contributed by atoms with Crippen molar-refractivity contribution >= 4 is 29.1 Å². The van der Waals surface area contributed by atoms with Crippen molar-refractivity contribution in [2.45, 2.75) is 6.54 Å². The van der Waals surface area contributed by atoms with E-state index in [0.29, 0.717) is 42.2 Å². The largest absolute Gasteiger partial charge is 0.486 e. The summed E-state index contributed by atoms with van der Waals surface area (Å²) in [5.74, 6) is 1.35. The van der Waals surface area contributed by atoms with E-state index in [1.165, 1.54) is 6.20 Å². The molecule has 0 atom stereocenters. The number of fused-ring (bicyclic) bond motifs is 1. The van der Waals surface area contributed by atoms with Gasteiger partial charge in [-0.1, -0.05) is 29.8 Å². The van der Waals surface area contributed by atoms with E-state index in [4.69, 9.17) is 21.1 Å². The second-order valence-electron chi connectivity index (χ2n) is 6.02. The molecule has 0 radical (unpaired) electrons. The van der Waals surface area contributed by atoms with Gasteiger partial charge in [0.05, 0.1) is 0 Å². The molecule has 3 aromatic rings. The molecule has 28 heavy (non-hydrogen) atoms. The van der Waals surface area contributed by atoms with E-state index in [9.17, 15) is 4.79 Å². The predicted octanol–water partition coefficient (Wildman–Crippen LogP) is 3.57. The summed E-state index contributed by atoms with van der Waals surface area (Å²) >= 11 is 6.11. The molecule has 7 nitrogen and oxygen atoms in total. The molecule has 0 saturated carbocycles. The Balaban J connectivity index is 1.44. The fourth-order valence-electron chi connectivity index (χ4n) is 2.70. The first-order chi connectivity index (χ1) is 13.7. The zero-order valence-corrected chi connectivity index (χ0v) is 15.6. The lowest BCUT2D eigenvalue weighted by Gasteiger charge is -2.19. The van der Waals surface area contributed by atoms with Crippen LogP contribution in [0.25, 0.3) is 0 Å². The van der Waals surface area contributed by atoms with Gasteiger partial charge in [0.1, 0.15) is 18.9 Å². The maximum absolute atomic E-state index is 12.4. The van der Waals surface area contributed by atoms with E-state index >= 15 is 0 Å². The molecule has 0 spiro atoms. The monoisotopic (exact) mass is 396 g/mol. The van der Waals surface area contributed by atoms with Crippen LogP contribution in [-0.2, 0) is 6.54 Å². The highest BCUT2D eigenvalue weighted by Gasteiger charge is 2.13. The van der Waals surface area contributed by atoms with Gasteiger partial charge >= 0.3 is 0 Å². The maximum Gasteiger partial charge on any atom is 0.270 e. The Morgan fingerprint density at radius 2 is 1.89 bits per heavy atom. The minimum atomic E-state index is -0.312. The molecule has 8 heteroatoms. The van der Waals surface area contributed by atoms with Crippen molar-refractivity contribution < 1.29 is 14.3 Å². The van der Waals surface area contributed by atoms with Gasteiger partial charge in [0.25, 0.3) is 5.91 Å². The Bertz CT molecular complexity index is 1010. The quantitative estimate of drug-likeness (QED) is 0.685. The van der Waals surface area contributed by atoms with Crippen molar-refractivity contribution in [2.75, 3.05) is 18.5 Å². The Kier molecular flexibility index (Phi) is 5.25. The topological polar surface area (TPSA) is 85.4 Å². The highest BCUT2D eigenvalue weighted by molar-refractivity contribution is 6.31. The summed E-state index contributed by atoms with van der Waals surface area (Å²) in [6.45, 7) is 1.36. The molecular weight excluding hydrogens is 380 g/mol. The van der Waals surface area contributed by atoms with Crippen LogP contribution in [0.1, 0.15) is 16.1 Å². The molecule has 2 aromatic carbocycles. The summed E-state index contributed by atoms with van der Waals surface area (Å²) in [7, 11) is 0. The second kappa shape index (κ2) is 8.14. The van der Waals surface area contributed by atoms with Crippen LogP contribution in [0.15, 0.2) is 54.7 Å². The van der Waals surface area contributed by atoms with E-state index in [1.54, 1.807) is 12.1 Å². The van der Waals surface area contributed by atoms with Gasteiger partial charge in [-0.05, 0) is 29.8 Å². The number of benzene rings is 2. The minimum Gasteiger partial charge on any atom is -0.486 e. The number of carbonyl (C=O) groups excluding carboxylic acids is 1. The average Bonchev–Trinajstić information content (AvgIpc) is 2.73. The van der Waals surface area contributed by atoms with Gasteiger partial charge in [0.15, 0.2) is 11.5 Å². The number of aromatic nitrogens is 2. The summed E-state index contributed by atoms with van der Waals surface area (Å²) in [4.78, 5) is 20.9. The van der Waals surface area contributed by atoms with Crippen molar-refractivity contribution in [2.24, 2.45) is 0 Å². The number of nitrogens with zero attached hydrogens (tertiary/aromatic N) is 2. The molecule has 1 amide bonds. The first-order valence-electron chi connectivity index (χ1n) is 8.70. The van der Waals surface area contributed by atoms with E-state index < -0.39 is 0 Å².